The summed E-state index contributed by atoms with van der Waals surface area (Å²) >= 11 is 13.4. The fourth-order valence-electron chi connectivity index (χ4n) is 2.91. The van der Waals surface area contributed by atoms with Crippen LogP contribution in [0, 0.1) is 0 Å². The maximum atomic E-state index is 12.7. The molecule has 1 aliphatic heterocycles. The summed E-state index contributed by atoms with van der Waals surface area (Å²) in [4.78, 5) is 25.2. The van der Waals surface area contributed by atoms with Gasteiger partial charge in [-0.3, -0.25) is 14.5 Å². The highest BCUT2D eigenvalue weighted by Gasteiger charge is 2.32. The number of thioether (sulfide) groups is 1. The van der Waals surface area contributed by atoms with Crippen molar-refractivity contribution in [2.75, 3.05) is 13.2 Å². The molecule has 0 aromatic heterocycles. The summed E-state index contributed by atoms with van der Waals surface area (Å²) in [7, 11) is 0. The van der Waals surface area contributed by atoms with Gasteiger partial charge < -0.3 is 14.6 Å². The first-order chi connectivity index (χ1) is 15.3. The van der Waals surface area contributed by atoms with Crippen LogP contribution in [0.4, 0.5) is 0 Å². The third kappa shape index (κ3) is 6.34. The molecule has 0 saturated carbocycles. The van der Waals surface area contributed by atoms with Gasteiger partial charge >= 0.3 is 5.97 Å². The Morgan fingerprint density at radius 2 is 2.03 bits per heavy atom. The van der Waals surface area contributed by atoms with Gasteiger partial charge in [0.25, 0.3) is 5.91 Å². The van der Waals surface area contributed by atoms with Crippen LogP contribution in [-0.4, -0.2) is 39.4 Å². The molecular weight excluding hydrogens is 582 g/mol. The summed E-state index contributed by atoms with van der Waals surface area (Å²) in [5.74, 6) is -0.167. The molecule has 168 valence electrons. The van der Waals surface area contributed by atoms with Crippen LogP contribution in [-0.2, 0) is 16.2 Å². The molecular formula is C22H19Br2NO5S2. The van der Waals surface area contributed by atoms with Gasteiger partial charge in [0.1, 0.15) is 10.9 Å². The average Bonchev–Trinajstić information content (AvgIpc) is 2.98. The van der Waals surface area contributed by atoms with E-state index in [1.165, 1.54) is 4.90 Å². The number of benzene rings is 2. The van der Waals surface area contributed by atoms with Crippen LogP contribution in [0.3, 0.4) is 0 Å². The van der Waals surface area contributed by atoms with Gasteiger partial charge in [0.15, 0.2) is 11.5 Å². The monoisotopic (exact) mass is 599 g/mol. The molecule has 6 nitrogen and oxygen atoms in total. The molecule has 1 heterocycles. The van der Waals surface area contributed by atoms with Crippen molar-refractivity contribution in [1.82, 2.24) is 4.90 Å². The molecule has 2 aromatic rings. The second-order valence-corrected chi connectivity index (χ2v) is 10.1. The second kappa shape index (κ2) is 11.3. The van der Waals surface area contributed by atoms with Crippen molar-refractivity contribution < 1.29 is 24.2 Å². The minimum Gasteiger partial charge on any atom is -0.490 e. The first-order valence-electron chi connectivity index (χ1n) is 9.59. The fraction of sp³-hybridized carbons (Fsp3) is 0.227. The molecule has 1 N–H and O–H groups in total. The van der Waals surface area contributed by atoms with Gasteiger partial charge in [-0.05, 0) is 64.3 Å². The summed E-state index contributed by atoms with van der Waals surface area (Å²) in [6.45, 7) is 2.74. The van der Waals surface area contributed by atoms with Crippen LogP contribution in [0.2, 0.25) is 0 Å². The van der Waals surface area contributed by atoms with E-state index >= 15 is 0 Å². The lowest BCUT2D eigenvalue weighted by Gasteiger charge is -2.15. The molecule has 1 aliphatic rings. The molecule has 0 atom stereocenters. The van der Waals surface area contributed by atoms with E-state index in [0.717, 1.165) is 27.4 Å². The summed E-state index contributed by atoms with van der Waals surface area (Å²) in [6, 6.07) is 11.5. The van der Waals surface area contributed by atoms with Gasteiger partial charge in [-0.25, -0.2) is 0 Å². The molecule has 0 unspecified atom stereocenters. The number of ether oxygens (including phenoxy) is 2. The van der Waals surface area contributed by atoms with Gasteiger partial charge in [0.2, 0.25) is 0 Å². The number of rotatable bonds is 9. The van der Waals surface area contributed by atoms with Gasteiger partial charge in [0.05, 0.1) is 22.4 Å². The molecule has 1 amide bonds. The Bertz CT molecular complexity index is 1090. The lowest BCUT2D eigenvalue weighted by atomic mass is 10.1. The standard InChI is InChI=1S/C22H19Br2NO5S2/c1-2-29-17-10-14(11-18-21(28)25(22(31)32-18)7-6-19(26)27)9-16(24)20(17)30-12-13-4-3-5-15(23)8-13/h3-5,8-11H,2,6-7,12H2,1H3,(H,26,27)/b18-11+. The zero-order valence-electron chi connectivity index (χ0n) is 17.0. The number of carbonyl (C=O) groups excluding carboxylic acids is 1. The largest absolute Gasteiger partial charge is 0.490 e. The van der Waals surface area contributed by atoms with E-state index in [2.05, 4.69) is 31.9 Å². The van der Waals surface area contributed by atoms with Crippen molar-refractivity contribution in [1.29, 1.82) is 0 Å². The zero-order chi connectivity index (χ0) is 23.3. The SMILES string of the molecule is CCOc1cc(/C=C2/SC(=S)N(CCC(=O)O)C2=O)cc(Br)c1OCc1cccc(Br)c1. The topological polar surface area (TPSA) is 76.1 Å². The fourth-order valence-corrected chi connectivity index (χ4v) is 5.24. The summed E-state index contributed by atoms with van der Waals surface area (Å²) in [6.07, 6.45) is 1.55. The quantitative estimate of drug-likeness (QED) is 0.285. The maximum absolute atomic E-state index is 12.7. The minimum atomic E-state index is -0.980. The number of hydrogen-bond acceptors (Lipinski definition) is 6. The molecule has 1 saturated heterocycles. The third-order valence-corrected chi connectivity index (χ3v) is 6.78. The lowest BCUT2D eigenvalue weighted by Crippen LogP contribution is -2.30. The third-order valence-electron chi connectivity index (χ3n) is 4.32. The van der Waals surface area contributed by atoms with Gasteiger partial charge in [-0.1, -0.05) is 52.0 Å². The van der Waals surface area contributed by atoms with E-state index in [0.29, 0.717) is 38.4 Å². The number of hydrogen-bond donors (Lipinski definition) is 1. The number of amides is 1. The van der Waals surface area contributed by atoms with E-state index in [1.54, 1.807) is 12.1 Å². The Morgan fingerprint density at radius 1 is 1.25 bits per heavy atom. The van der Waals surface area contributed by atoms with Crippen molar-refractivity contribution in [2.45, 2.75) is 20.0 Å². The predicted molar refractivity (Wildman–Crippen MR) is 136 cm³/mol. The molecule has 0 aliphatic carbocycles. The first kappa shape index (κ1) is 24.8. The smallest absolute Gasteiger partial charge is 0.305 e. The number of carboxylic acid groups (broad SMARTS) is 1. The highest BCUT2D eigenvalue weighted by atomic mass is 79.9. The minimum absolute atomic E-state index is 0.0492. The molecule has 3 rings (SSSR count). The average molecular weight is 601 g/mol. The first-order valence-corrected chi connectivity index (χ1v) is 12.4. The molecule has 10 heteroatoms. The number of carbonyl (C=O) groups is 2. The molecule has 2 aromatic carbocycles. The van der Waals surface area contributed by atoms with Crippen LogP contribution in [0.5, 0.6) is 11.5 Å². The van der Waals surface area contributed by atoms with Crippen LogP contribution < -0.4 is 9.47 Å². The molecule has 1 fully saturated rings. The summed E-state index contributed by atoms with van der Waals surface area (Å²) in [5, 5.41) is 8.88. The van der Waals surface area contributed by atoms with Gasteiger partial charge in [-0.2, -0.15) is 0 Å². The van der Waals surface area contributed by atoms with Gasteiger partial charge in [0, 0.05) is 11.0 Å². The number of thiocarbonyl (C=S) groups is 1. The summed E-state index contributed by atoms with van der Waals surface area (Å²) < 4.78 is 13.8. The van der Waals surface area contributed by atoms with Crippen LogP contribution in [0.25, 0.3) is 6.08 Å². The predicted octanol–water partition coefficient (Wildman–Crippen LogP) is 5.87. The molecule has 0 spiro atoms. The van der Waals surface area contributed by atoms with Crippen LogP contribution in [0.1, 0.15) is 24.5 Å². The van der Waals surface area contributed by atoms with E-state index in [1.807, 2.05) is 37.3 Å². The number of aliphatic carboxylic acids is 1. The zero-order valence-corrected chi connectivity index (χ0v) is 21.8. The molecule has 32 heavy (non-hydrogen) atoms. The molecule has 0 radical (unpaired) electrons. The Labute approximate surface area is 212 Å². The van der Waals surface area contributed by atoms with Crippen molar-refractivity contribution >= 4 is 78.1 Å². The highest BCUT2D eigenvalue weighted by Crippen LogP contribution is 2.40. The van der Waals surface area contributed by atoms with Crippen molar-refractivity contribution in [3.63, 3.8) is 0 Å². The van der Waals surface area contributed by atoms with E-state index < -0.39 is 5.97 Å². The second-order valence-electron chi connectivity index (χ2n) is 6.66. The number of halogens is 2. The van der Waals surface area contributed by atoms with Crippen molar-refractivity contribution in [2.24, 2.45) is 0 Å². The maximum Gasteiger partial charge on any atom is 0.305 e. The van der Waals surface area contributed by atoms with E-state index in [9.17, 15) is 9.59 Å². The normalized spacial score (nSPS) is 14.8. The summed E-state index contributed by atoms with van der Waals surface area (Å²) in [5.41, 5.74) is 1.73. The Morgan fingerprint density at radius 3 is 2.72 bits per heavy atom. The van der Waals surface area contributed by atoms with Gasteiger partial charge in [-0.15, -0.1) is 0 Å². The van der Waals surface area contributed by atoms with Crippen molar-refractivity contribution in [3.8, 4) is 11.5 Å². The highest BCUT2D eigenvalue weighted by molar-refractivity contribution is 9.10. The Kier molecular flexibility index (Phi) is 8.75. The van der Waals surface area contributed by atoms with Crippen LogP contribution in [0.15, 0.2) is 50.2 Å². The van der Waals surface area contributed by atoms with E-state index in [4.69, 9.17) is 26.8 Å². The Hall–Kier alpha value is -1.88. The number of nitrogens with zero attached hydrogens (tertiary/aromatic N) is 1. The van der Waals surface area contributed by atoms with E-state index in [-0.39, 0.29) is 18.9 Å². The van der Waals surface area contributed by atoms with Crippen molar-refractivity contribution in [3.05, 3.63) is 61.4 Å². The molecule has 0 bridgehead atoms. The lowest BCUT2D eigenvalue weighted by molar-refractivity contribution is -0.137. The number of carboxylic acids is 1. The Balaban J connectivity index is 1.83. The van der Waals surface area contributed by atoms with Crippen LogP contribution >= 0.6 is 55.8 Å².